The van der Waals surface area contributed by atoms with Crippen molar-refractivity contribution >= 4 is 39.3 Å². The summed E-state index contributed by atoms with van der Waals surface area (Å²) in [6.07, 6.45) is 1.22. The van der Waals surface area contributed by atoms with Gasteiger partial charge in [0.15, 0.2) is 0 Å². The van der Waals surface area contributed by atoms with Gasteiger partial charge in [0.1, 0.15) is 0 Å². The minimum Gasteiger partial charge on any atom is -0.398 e. The van der Waals surface area contributed by atoms with Crippen LogP contribution in [0.15, 0.2) is 27.6 Å². The molecule has 0 saturated heterocycles. The van der Waals surface area contributed by atoms with E-state index in [0.717, 1.165) is 27.2 Å². The average Bonchev–Trinajstić information content (AvgIpc) is 2.28. The highest BCUT2D eigenvalue weighted by atomic mass is 79.9. The number of hydrogen-bond donors (Lipinski definition) is 3. The Bertz CT molecular complexity index is 373. The molecule has 0 atom stereocenters. The minimum absolute atomic E-state index is 0.136. The van der Waals surface area contributed by atoms with Gasteiger partial charge in [-0.1, -0.05) is 15.9 Å². The number of hydrazine groups is 1. The first-order valence-electron chi connectivity index (χ1n) is 4.80. The second kappa shape index (κ2) is 6.78. The number of nitrogens with one attached hydrogen (secondary N) is 1. The lowest BCUT2D eigenvalue weighted by Gasteiger charge is -2.05. The standard InChI is InChI=1S/C10H14BrN3OS/c11-7-3-4-8(12)9(6-7)16-5-1-2-10(15)14-13/h3-4,6H,1-2,5,12-13H2,(H,14,15). The Morgan fingerprint density at radius 1 is 1.50 bits per heavy atom. The van der Waals surface area contributed by atoms with E-state index in [2.05, 4.69) is 21.4 Å². The largest absolute Gasteiger partial charge is 0.398 e. The summed E-state index contributed by atoms with van der Waals surface area (Å²) >= 11 is 5.03. The molecule has 0 heterocycles. The van der Waals surface area contributed by atoms with Gasteiger partial charge in [-0.05, 0) is 30.4 Å². The topological polar surface area (TPSA) is 81.1 Å². The van der Waals surface area contributed by atoms with Crippen molar-refractivity contribution in [3.63, 3.8) is 0 Å². The third-order valence-corrected chi connectivity index (χ3v) is 3.59. The molecule has 0 aliphatic rings. The lowest BCUT2D eigenvalue weighted by molar-refractivity contribution is -0.121. The van der Waals surface area contributed by atoms with E-state index in [-0.39, 0.29) is 5.91 Å². The van der Waals surface area contributed by atoms with Crippen LogP contribution in [0.4, 0.5) is 5.69 Å². The fourth-order valence-electron chi connectivity index (χ4n) is 1.12. The number of anilines is 1. The van der Waals surface area contributed by atoms with E-state index in [0.29, 0.717) is 6.42 Å². The Balaban J connectivity index is 2.37. The number of thioether (sulfide) groups is 1. The van der Waals surface area contributed by atoms with Crippen molar-refractivity contribution in [2.75, 3.05) is 11.5 Å². The normalized spacial score (nSPS) is 10.1. The summed E-state index contributed by atoms with van der Waals surface area (Å²) in [5.74, 6) is 5.68. The quantitative estimate of drug-likeness (QED) is 0.194. The van der Waals surface area contributed by atoms with Crippen LogP contribution in [-0.2, 0) is 4.79 Å². The number of halogens is 1. The predicted octanol–water partition coefficient (Wildman–Crippen LogP) is 1.89. The van der Waals surface area contributed by atoms with Crippen molar-refractivity contribution < 1.29 is 4.79 Å². The molecule has 0 radical (unpaired) electrons. The number of hydrogen-bond acceptors (Lipinski definition) is 4. The van der Waals surface area contributed by atoms with Gasteiger partial charge in [-0.2, -0.15) is 0 Å². The summed E-state index contributed by atoms with van der Waals surface area (Å²) < 4.78 is 1.00. The fraction of sp³-hybridized carbons (Fsp3) is 0.300. The van der Waals surface area contributed by atoms with Crippen LogP contribution in [0.3, 0.4) is 0 Å². The number of benzene rings is 1. The summed E-state index contributed by atoms with van der Waals surface area (Å²) in [6, 6.07) is 5.74. The molecule has 6 heteroatoms. The molecule has 0 aromatic heterocycles. The average molecular weight is 304 g/mol. The second-order valence-corrected chi connectivity index (χ2v) is 5.25. The van der Waals surface area contributed by atoms with Crippen LogP contribution in [-0.4, -0.2) is 11.7 Å². The van der Waals surface area contributed by atoms with Crippen LogP contribution in [0.5, 0.6) is 0 Å². The van der Waals surface area contributed by atoms with E-state index < -0.39 is 0 Å². The van der Waals surface area contributed by atoms with Gasteiger partial charge in [-0.15, -0.1) is 11.8 Å². The molecule has 0 fully saturated rings. The highest BCUT2D eigenvalue weighted by Gasteiger charge is 2.02. The first kappa shape index (κ1) is 13.3. The van der Waals surface area contributed by atoms with Crippen LogP contribution < -0.4 is 17.0 Å². The number of amides is 1. The zero-order chi connectivity index (χ0) is 12.0. The lowest BCUT2D eigenvalue weighted by atomic mass is 10.3. The lowest BCUT2D eigenvalue weighted by Crippen LogP contribution is -2.29. The van der Waals surface area contributed by atoms with Crippen molar-refractivity contribution in [1.82, 2.24) is 5.43 Å². The summed E-state index contributed by atoms with van der Waals surface area (Å²) in [7, 11) is 0. The minimum atomic E-state index is -0.136. The van der Waals surface area contributed by atoms with Gasteiger partial charge in [0, 0.05) is 21.5 Å². The molecule has 0 aliphatic carbocycles. The summed E-state index contributed by atoms with van der Waals surface area (Å²) in [5.41, 5.74) is 8.68. The van der Waals surface area contributed by atoms with E-state index in [1.165, 1.54) is 0 Å². The molecule has 0 bridgehead atoms. The molecule has 4 nitrogen and oxygen atoms in total. The second-order valence-electron chi connectivity index (χ2n) is 3.20. The van der Waals surface area contributed by atoms with Crippen LogP contribution in [0.25, 0.3) is 0 Å². The smallest absolute Gasteiger partial charge is 0.233 e. The number of nitrogens with two attached hydrogens (primary N) is 2. The summed E-state index contributed by atoms with van der Waals surface area (Å²) in [5, 5.41) is 0. The van der Waals surface area contributed by atoms with E-state index in [1.807, 2.05) is 18.2 Å². The molecule has 0 spiro atoms. The molecule has 16 heavy (non-hydrogen) atoms. The fourth-order valence-corrected chi connectivity index (χ4v) is 2.59. The molecule has 1 rings (SSSR count). The monoisotopic (exact) mass is 303 g/mol. The van der Waals surface area contributed by atoms with Gasteiger partial charge >= 0.3 is 0 Å². The third kappa shape index (κ3) is 4.42. The Kier molecular flexibility index (Phi) is 5.65. The van der Waals surface area contributed by atoms with E-state index in [1.54, 1.807) is 11.8 Å². The molecular formula is C10H14BrN3OS. The molecule has 88 valence electrons. The maximum Gasteiger partial charge on any atom is 0.233 e. The van der Waals surface area contributed by atoms with Gasteiger partial charge in [0.05, 0.1) is 0 Å². The highest BCUT2D eigenvalue weighted by molar-refractivity contribution is 9.10. The van der Waals surface area contributed by atoms with Crippen LogP contribution in [0, 0.1) is 0 Å². The molecular weight excluding hydrogens is 290 g/mol. The first-order chi connectivity index (χ1) is 7.63. The number of rotatable bonds is 5. The Hall–Kier alpha value is -0.720. The van der Waals surface area contributed by atoms with Crippen molar-refractivity contribution in [3.05, 3.63) is 22.7 Å². The van der Waals surface area contributed by atoms with Crippen molar-refractivity contribution in [1.29, 1.82) is 0 Å². The summed E-state index contributed by atoms with van der Waals surface area (Å²) in [6.45, 7) is 0. The number of carbonyl (C=O) groups is 1. The van der Waals surface area contributed by atoms with Gasteiger partial charge in [-0.25, -0.2) is 5.84 Å². The summed E-state index contributed by atoms with van der Waals surface area (Å²) in [4.78, 5) is 11.9. The Morgan fingerprint density at radius 2 is 2.25 bits per heavy atom. The van der Waals surface area contributed by atoms with Crippen molar-refractivity contribution in [2.45, 2.75) is 17.7 Å². The molecule has 0 aliphatic heterocycles. The van der Waals surface area contributed by atoms with Gasteiger partial charge in [0.25, 0.3) is 0 Å². The van der Waals surface area contributed by atoms with Gasteiger partial charge < -0.3 is 5.73 Å². The maximum absolute atomic E-state index is 10.9. The van der Waals surface area contributed by atoms with Crippen LogP contribution in [0.1, 0.15) is 12.8 Å². The van der Waals surface area contributed by atoms with Gasteiger partial charge in [0.2, 0.25) is 5.91 Å². The molecule has 0 unspecified atom stereocenters. The molecule has 0 saturated carbocycles. The van der Waals surface area contributed by atoms with Gasteiger partial charge in [-0.3, -0.25) is 10.2 Å². The zero-order valence-corrected chi connectivity index (χ0v) is 11.1. The molecule has 1 amide bonds. The predicted molar refractivity (Wildman–Crippen MR) is 70.8 cm³/mol. The third-order valence-electron chi connectivity index (χ3n) is 1.94. The van der Waals surface area contributed by atoms with Crippen molar-refractivity contribution in [3.8, 4) is 0 Å². The van der Waals surface area contributed by atoms with E-state index in [9.17, 15) is 4.79 Å². The Labute approximate surface area is 107 Å². The molecule has 1 aromatic carbocycles. The number of carbonyl (C=O) groups excluding carboxylic acids is 1. The molecule has 1 aromatic rings. The van der Waals surface area contributed by atoms with Crippen molar-refractivity contribution in [2.24, 2.45) is 5.84 Å². The number of nitrogen functional groups attached to an aromatic ring is 1. The molecule has 5 N–H and O–H groups in total. The van der Waals surface area contributed by atoms with E-state index in [4.69, 9.17) is 11.6 Å². The van der Waals surface area contributed by atoms with Crippen LogP contribution in [0.2, 0.25) is 0 Å². The first-order valence-corrected chi connectivity index (χ1v) is 6.58. The SMILES string of the molecule is NNC(=O)CCCSc1cc(Br)ccc1N. The maximum atomic E-state index is 10.9. The van der Waals surface area contributed by atoms with Crippen LogP contribution >= 0.6 is 27.7 Å². The highest BCUT2D eigenvalue weighted by Crippen LogP contribution is 2.28. The van der Waals surface area contributed by atoms with E-state index >= 15 is 0 Å². The Morgan fingerprint density at radius 3 is 2.94 bits per heavy atom. The zero-order valence-electron chi connectivity index (χ0n) is 8.70.